The molecule has 7 heteroatoms. The molecule has 0 aromatic carbocycles. The Kier molecular flexibility index (Phi) is 3.98. The van der Waals surface area contributed by atoms with Crippen LogP contribution < -0.4 is 10.6 Å². The lowest BCUT2D eigenvalue weighted by Gasteiger charge is -2.09. The van der Waals surface area contributed by atoms with Gasteiger partial charge in [0.25, 0.3) is 0 Å². The zero-order valence-electron chi connectivity index (χ0n) is 9.48. The predicted octanol–water partition coefficient (Wildman–Crippen LogP) is 0.822. The van der Waals surface area contributed by atoms with Crippen molar-refractivity contribution >= 4 is 17.9 Å². The normalized spacial score (nSPS) is 10.2. The van der Waals surface area contributed by atoms with Gasteiger partial charge in [0.05, 0.1) is 0 Å². The Morgan fingerprint density at radius 3 is 2.44 bits per heavy atom. The number of carbonyl (C=O) groups is 1. The quantitative estimate of drug-likeness (QED) is 0.682. The van der Waals surface area contributed by atoms with Crippen LogP contribution in [0.25, 0.3) is 0 Å². The van der Waals surface area contributed by atoms with E-state index in [1.165, 1.54) is 0 Å². The minimum Gasteiger partial charge on any atom is -0.475 e. The first kappa shape index (κ1) is 12.2. The van der Waals surface area contributed by atoms with Crippen molar-refractivity contribution in [3.63, 3.8) is 0 Å². The van der Waals surface area contributed by atoms with Gasteiger partial charge < -0.3 is 15.7 Å². The van der Waals surface area contributed by atoms with Crippen molar-refractivity contribution in [1.29, 1.82) is 0 Å². The average molecular weight is 225 g/mol. The molecule has 0 bridgehead atoms. The lowest BCUT2D eigenvalue weighted by Crippen LogP contribution is -2.17. The molecule has 1 rings (SSSR count). The highest BCUT2D eigenvalue weighted by molar-refractivity contribution is 5.83. The predicted molar refractivity (Wildman–Crippen MR) is 59.7 cm³/mol. The van der Waals surface area contributed by atoms with Crippen molar-refractivity contribution < 1.29 is 9.90 Å². The van der Waals surface area contributed by atoms with Crippen LogP contribution >= 0.6 is 0 Å². The maximum Gasteiger partial charge on any atom is 0.374 e. The standard InChI is InChI=1S/C9H15N5O2/c1-4-10-8-12-6(7(15)16)13-9(14-8)11-5(2)3/h5H,4H2,1-3H3,(H,15,16)(H2,10,11,12,13,14). The zero-order chi connectivity index (χ0) is 12.1. The maximum absolute atomic E-state index is 10.8. The van der Waals surface area contributed by atoms with Crippen LogP contribution in [0.4, 0.5) is 11.9 Å². The fourth-order valence-electron chi connectivity index (χ4n) is 1.03. The topological polar surface area (TPSA) is 100 Å². The van der Waals surface area contributed by atoms with Crippen LogP contribution in [0, 0.1) is 0 Å². The molecule has 0 saturated heterocycles. The number of carboxylic acids is 1. The number of nitrogens with zero attached hydrogens (tertiary/aromatic N) is 3. The third kappa shape index (κ3) is 3.34. The van der Waals surface area contributed by atoms with E-state index >= 15 is 0 Å². The Morgan fingerprint density at radius 1 is 1.31 bits per heavy atom. The molecule has 0 radical (unpaired) electrons. The molecule has 0 aliphatic rings. The largest absolute Gasteiger partial charge is 0.475 e. The van der Waals surface area contributed by atoms with Crippen LogP contribution in [-0.4, -0.2) is 38.6 Å². The SMILES string of the molecule is CCNc1nc(NC(C)C)nc(C(=O)O)n1. The molecule has 1 aromatic rings. The van der Waals surface area contributed by atoms with E-state index in [1.54, 1.807) is 0 Å². The summed E-state index contributed by atoms with van der Waals surface area (Å²) in [5.41, 5.74) is 0. The molecular weight excluding hydrogens is 210 g/mol. The van der Waals surface area contributed by atoms with E-state index in [-0.39, 0.29) is 23.8 Å². The number of hydrogen-bond acceptors (Lipinski definition) is 6. The summed E-state index contributed by atoms with van der Waals surface area (Å²) in [7, 11) is 0. The second kappa shape index (κ2) is 5.24. The summed E-state index contributed by atoms with van der Waals surface area (Å²) in [5.74, 6) is -0.918. The van der Waals surface area contributed by atoms with Crippen molar-refractivity contribution in [2.24, 2.45) is 0 Å². The highest BCUT2D eigenvalue weighted by Crippen LogP contribution is 2.06. The van der Waals surface area contributed by atoms with Crippen molar-refractivity contribution in [3.8, 4) is 0 Å². The van der Waals surface area contributed by atoms with Gasteiger partial charge in [-0.3, -0.25) is 0 Å². The molecule has 16 heavy (non-hydrogen) atoms. The van der Waals surface area contributed by atoms with Crippen molar-refractivity contribution in [1.82, 2.24) is 15.0 Å². The number of rotatable bonds is 5. The highest BCUT2D eigenvalue weighted by Gasteiger charge is 2.12. The van der Waals surface area contributed by atoms with Gasteiger partial charge in [0.1, 0.15) is 0 Å². The van der Waals surface area contributed by atoms with Gasteiger partial charge >= 0.3 is 5.97 Å². The maximum atomic E-state index is 10.8. The summed E-state index contributed by atoms with van der Waals surface area (Å²) in [5, 5.41) is 14.6. The molecule has 0 aliphatic carbocycles. The number of nitrogens with one attached hydrogen (secondary N) is 2. The Labute approximate surface area is 93.3 Å². The van der Waals surface area contributed by atoms with Crippen molar-refractivity contribution in [2.45, 2.75) is 26.8 Å². The van der Waals surface area contributed by atoms with E-state index in [2.05, 4.69) is 25.6 Å². The number of anilines is 2. The molecule has 0 fully saturated rings. The Balaban J connectivity index is 3.03. The molecule has 7 nitrogen and oxygen atoms in total. The van der Waals surface area contributed by atoms with Gasteiger partial charge in [-0.1, -0.05) is 0 Å². The Hall–Kier alpha value is -1.92. The first-order valence-corrected chi connectivity index (χ1v) is 5.02. The van der Waals surface area contributed by atoms with Gasteiger partial charge in [-0.25, -0.2) is 4.79 Å². The molecule has 0 unspecified atom stereocenters. The number of aromatic carboxylic acids is 1. The van der Waals surface area contributed by atoms with Crippen LogP contribution in [-0.2, 0) is 0 Å². The number of carboxylic acid groups (broad SMARTS) is 1. The molecule has 88 valence electrons. The first-order chi connectivity index (χ1) is 7.52. The Bertz CT molecular complexity index is 380. The van der Waals surface area contributed by atoms with E-state index in [1.807, 2.05) is 20.8 Å². The van der Waals surface area contributed by atoms with Crippen LogP contribution in [0.15, 0.2) is 0 Å². The Morgan fingerprint density at radius 2 is 1.94 bits per heavy atom. The summed E-state index contributed by atoms with van der Waals surface area (Å²) >= 11 is 0. The third-order valence-corrected chi connectivity index (χ3v) is 1.58. The fraction of sp³-hybridized carbons (Fsp3) is 0.556. The molecule has 3 N–H and O–H groups in total. The molecule has 1 aromatic heterocycles. The second-order valence-corrected chi connectivity index (χ2v) is 3.44. The van der Waals surface area contributed by atoms with E-state index in [0.29, 0.717) is 6.54 Å². The van der Waals surface area contributed by atoms with Crippen molar-refractivity contribution in [2.75, 3.05) is 17.2 Å². The zero-order valence-corrected chi connectivity index (χ0v) is 9.48. The van der Waals surface area contributed by atoms with Crippen LogP contribution in [0.1, 0.15) is 31.4 Å². The minimum absolute atomic E-state index is 0.124. The summed E-state index contributed by atoms with van der Waals surface area (Å²) in [4.78, 5) is 22.4. The van der Waals surface area contributed by atoms with E-state index in [9.17, 15) is 4.79 Å². The van der Waals surface area contributed by atoms with Crippen LogP contribution in [0.2, 0.25) is 0 Å². The summed E-state index contributed by atoms with van der Waals surface area (Å²) < 4.78 is 0. The molecule has 0 spiro atoms. The van der Waals surface area contributed by atoms with E-state index in [0.717, 1.165) is 0 Å². The van der Waals surface area contributed by atoms with E-state index < -0.39 is 5.97 Å². The molecule has 0 saturated carbocycles. The van der Waals surface area contributed by atoms with Gasteiger partial charge in [-0.05, 0) is 20.8 Å². The lowest BCUT2D eigenvalue weighted by atomic mass is 10.4. The number of aromatic nitrogens is 3. The van der Waals surface area contributed by atoms with Gasteiger partial charge in [0, 0.05) is 12.6 Å². The van der Waals surface area contributed by atoms with Crippen molar-refractivity contribution in [3.05, 3.63) is 5.82 Å². The van der Waals surface area contributed by atoms with Gasteiger partial charge in [-0.15, -0.1) is 0 Å². The average Bonchev–Trinajstić information content (AvgIpc) is 2.16. The van der Waals surface area contributed by atoms with Gasteiger partial charge in [0.15, 0.2) is 0 Å². The third-order valence-electron chi connectivity index (χ3n) is 1.58. The summed E-state index contributed by atoms with van der Waals surface area (Å²) in [6.45, 7) is 6.32. The smallest absolute Gasteiger partial charge is 0.374 e. The highest BCUT2D eigenvalue weighted by atomic mass is 16.4. The first-order valence-electron chi connectivity index (χ1n) is 5.02. The van der Waals surface area contributed by atoms with Crippen LogP contribution in [0.5, 0.6) is 0 Å². The lowest BCUT2D eigenvalue weighted by molar-refractivity contribution is 0.0683. The summed E-state index contributed by atoms with van der Waals surface area (Å²) in [6.07, 6.45) is 0. The molecule has 1 heterocycles. The molecule has 0 amide bonds. The number of hydrogen-bond donors (Lipinski definition) is 3. The fourth-order valence-corrected chi connectivity index (χ4v) is 1.03. The second-order valence-electron chi connectivity index (χ2n) is 3.44. The minimum atomic E-state index is -1.17. The van der Waals surface area contributed by atoms with E-state index in [4.69, 9.17) is 5.11 Å². The summed E-state index contributed by atoms with van der Waals surface area (Å²) in [6, 6.07) is 0.124. The molecular formula is C9H15N5O2. The van der Waals surface area contributed by atoms with Gasteiger partial charge in [0.2, 0.25) is 17.7 Å². The van der Waals surface area contributed by atoms with Gasteiger partial charge in [-0.2, -0.15) is 15.0 Å². The van der Waals surface area contributed by atoms with Crippen LogP contribution in [0.3, 0.4) is 0 Å². The monoisotopic (exact) mass is 225 g/mol. The molecule has 0 atom stereocenters. The molecule has 0 aliphatic heterocycles.